The smallest absolute Gasteiger partial charge is 0.157 e. The highest BCUT2D eigenvalue weighted by atomic mass is 16.7. The monoisotopic (exact) mass is 242 g/mol. The van der Waals surface area contributed by atoms with Gasteiger partial charge in [-0.1, -0.05) is 26.2 Å². The molecule has 1 fully saturated rings. The molecule has 0 saturated carbocycles. The predicted molar refractivity (Wildman–Crippen MR) is 67.9 cm³/mol. The summed E-state index contributed by atoms with van der Waals surface area (Å²) in [7, 11) is 0. The lowest BCUT2D eigenvalue weighted by molar-refractivity contribution is -0.190. The Bertz CT molecular complexity index is 188. The molecule has 3 nitrogen and oxygen atoms in total. The first-order valence-corrected chi connectivity index (χ1v) is 7.07. The molecule has 1 aliphatic rings. The molecule has 0 aromatic rings. The maximum Gasteiger partial charge on any atom is 0.157 e. The SMILES string of the molecule is CCCCC[C@H](CCC=O)OC1CCCCO1. The van der Waals surface area contributed by atoms with Gasteiger partial charge >= 0.3 is 0 Å². The lowest BCUT2D eigenvalue weighted by Gasteiger charge is -2.27. The predicted octanol–water partition coefficient (Wildman–Crippen LogP) is 3.46. The van der Waals surface area contributed by atoms with Gasteiger partial charge in [0, 0.05) is 13.0 Å². The van der Waals surface area contributed by atoms with Gasteiger partial charge in [-0.2, -0.15) is 0 Å². The summed E-state index contributed by atoms with van der Waals surface area (Å²) >= 11 is 0. The first-order chi connectivity index (χ1) is 8.36. The van der Waals surface area contributed by atoms with Crippen LogP contribution in [0, 0.1) is 0 Å². The molecule has 0 N–H and O–H groups in total. The third-order valence-corrected chi connectivity index (χ3v) is 3.22. The Morgan fingerprint density at radius 2 is 2.24 bits per heavy atom. The van der Waals surface area contributed by atoms with Gasteiger partial charge in [0.25, 0.3) is 0 Å². The minimum absolute atomic E-state index is 0.0259. The van der Waals surface area contributed by atoms with E-state index in [0.29, 0.717) is 6.42 Å². The Morgan fingerprint density at radius 3 is 2.88 bits per heavy atom. The van der Waals surface area contributed by atoms with Crippen LogP contribution in [-0.4, -0.2) is 25.3 Å². The summed E-state index contributed by atoms with van der Waals surface area (Å²) in [5, 5.41) is 0. The molecule has 0 amide bonds. The van der Waals surface area contributed by atoms with Gasteiger partial charge in [0.1, 0.15) is 6.29 Å². The van der Waals surface area contributed by atoms with Gasteiger partial charge in [-0.3, -0.25) is 0 Å². The zero-order valence-corrected chi connectivity index (χ0v) is 11.0. The highest BCUT2D eigenvalue weighted by molar-refractivity contribution is 5.49. The number of carbonyl (C=O) groups excluding carboxylic acids is 1. The van der Waals surface area contributed by atoms with Crippen LogP contribution in [-0.2, 0) is 14.3 Å². The molecule has 2 atom stereocenters. The van der Waals surface area contributed by atoms with Gasteiger partial charge in [-0.25, -0.2) is 0 Å². The maximum atomic E-state index is 10.4. The van der Waals surface area contributed by atoms with Gasteiger partial charge in [0.05, 0.1) is 6.10 Å². The highest BCUT2D eigenvalue weighted by Crippen LogP contribution is 2.20. The Balaban J connectivity index is 2.24. The number of aldehydes is 1. The van der Waals surface area contributed by atoms with Crippen LogP contribution in [0.2, 0.25) is 0 Å². The van der Waals surface area contributed by atoms with Crippen LogP contribution in [0.1, 0.15) is 64.7 Å². The molecule has 1 rings (SSSR count). The number of hydrogen-bond acceptors (Lipinski definition) is 3. The minimum atomic E-state index is -0.0259. The highest BCUT2D eigenvalue weighted by Gasteiger charge is 2.19. The summed E-state index contributed by atoms with van der Waals surface area (Å²) in [5.74, 6) is 0. The Kier molecular flexibility index (Phi) is 8.28. The second-order valence-electron chi connectivity index (χ2n) is 4.79. The van der Waals surface area contributed by atoms with E-state index in [1.165, 1.54) is 25.7 Å². The molecule has 1 heterocycles. The number of carbonyl (C=O) groups is 1. The van der Waals surface area contributed by atoms with Crippen molar-refractivity contribution >= 4 is 6.29 Å². The van der Waals surface area contributed by atoms with Crippen molar-refractivity contribution in [2.45, 2.75) is 77.1 Å². The van der Waals surface area contributed by atoms with Crippen molar-refractivity contribution in [2.75, 3.05) is 6.61 Å². The molecular formula is C14H26O3. The van der Waals surface area contributed by atoms with Gasteiger partial charge in [-0.05, 0) is 32.1 Å². The fourth-order valence-corrected chi connectivity index (χ4v) is 2.19. The first kappa shape index (κ1) is 14.7. The molecule has 0 bridgehead atoms. The second-order valence-corrected chi connectivity index (χ2v) is 4.79. The van der Waals surface area contributed by atoms with Crippen LogP contribution in [0.15, 0.2) is 0 Å². The van der Waals surface area contributed by atoms with Crippen LogP contribution < -0.4 is 0 Å². The molecule has 0 aliphatic carbocycles. The van der Waals surface area contributed by atoms with E-state index in [-0.39, 0.29) is 12.4 Å². The summed E-state index contributed by atoms with van der Waals surface area (Å²) < 4.78 is 11.5. The fraction of sp³-hybridized carbons (Fsp3) is 0.929. The van der Waals surface area contributed by atoms with E-state index in [2.05, 4.69) is 6.92 Å². The van der Waals surface area contributed by atoms with Crippen LogP contribution in [0.5, 0.6) is 0 Å². The molecule has 1 saturated heterocycles. The van der Waals surface area contributed by atoms with E-state index < -0.39 is 0 Å². The topological polar surface area (TPSA) is 35.5 Å². The van der Waals surface area contributed by atoms with E-state index in [1.54, 1.807) is 0 Å². The van der Waals surface area contributed by atoms with Crippen molar-refractivity contribution in [1.29, 1.82) is 0 Å². The number of rotatable bonds is 9. The third-order valence-electron chi connectivity index (χ3n) is 3.22. The minimum Gasteiger partial charge on any atom is -0.353 e. The van der Waals surface area contributed by atoms with E-state index in [9.17, 15) is 4.79 Å². The molecule has 0 spiro atoms. The first-order valence-electron chi connectivity index (χ1n) is 7.07. The Hall–Kier alpha value is -0.410. The molecule has 3 heteroatoms. The normalized spacial score (nSPS) is 22.3. The standard InChI is InChI=1S/C14H26O3/c1-2-3-4-8-13(9-7-11-15)17-14-10-5-6-12-16-14/h11,13-14H,2-10,12H2,1H3/t13-,14?/m1/s1. The van der Waals surface area contributed by atoms with E-state index in [1.807, 2.05) is 0 Å². The second kappa shape index (κ2) is 9.60. The Labute approximate surface area is 105 Å². The lowest BCUT2D eigenvalue weighted by Crippen LogP contribution is -2.28. The largest absolute Gasteiger partial charge is 0.353 e. The van der Waals surface area contributed by atoms with Crippen LogP contribution in [0.4, 0.5) is 0 Å². The van der Waals surface area contributed by atoms with E-state index in [4.69, 9.17) is 9.47 Å². The molecule has 0 radical (unpaired) electrons. The van der Waals surface area contributed by atoms with E-state index in [0.717, 1.165) is 38.6 Å². The van der Waals surface area contributed by atoms with Crippen molar-refractivity contribution in [3.63, 3.8) is 0 Å². The van der Waals surface area contributed by atoms with Gasteiger partial charge in [-0.15, -0.1) is 0 Å². The average Bonchev–Trinajstić information content (AvgIpc) is 2.37. The molecule has 100 valence electrons. The average molecular weight is 242 g/mol. The lowest BCUT2D eigenvalue weighted by atomic mass is 10.1. The summed E-state index contributed by atoms with van der Waals surface area (Å²) in [4.78, 5) is 10.4. The number of ether oxygens (including phenoxy) is 2. The molecule has 1 aliphatic heterocycles. The summed E-state index contributed by atoms with van der Waals surface area (Å²) in [6.07, 6.45) is 10.7. The van der Waals surface area contributed by atoms with Crippen molar-refractivity contribution in [1.82, 2.24) is 0 Å². The van der Waals surface area contributed by atoms with Gasteiger partial charge in [0.15, 0.2) is 6.29 Å². The third kappa shape index (κ3) is 6.79. The van der Waals surface area contributed by atoms with Crippen LogP contribution in [0.3, 0.4) is 0 Å². The van der Waals surface area contributed by atoms with Crippen molar-refractivity contribution < 1.29 is 14.3 Å². The number of hydrogen-bond donors (Lipinski definition) is 0. The quantitative estimate of drug-likeness (QED) is 0.459. The van der Waals surface area contributed by atoms with Crippen LogP contribution >= 0.6 is 0 Å². The van der Waals surface area contributed by atoms with Crippen molar-refractivity contribution in [2.24, 2.45) is 0 Å². The Morgan fingerprint density at radius 1 is 1.35 bits per heavy atom. The van der Waals surface area contributed by atoms with E-state index >= 15 is 0 Å². The molecule has 0 aromatic heterocycles. The molecule has 0 aromatic carbocycles. The maximum absolute atomic E-state index is 10.4. The van der Waals surface area contributed by atoms with Crippen LogP contribution in [0.25, 0.3) is 0 Å². The van der Waals surface area contributed by atoms with Crippen molar-refractivity contribution in [3.05, 3.63) is 0 Å². The van der Waals surface area contributed by atoms with Gasteiger partial charge < -0.3 is 14.3 Å². The molecule has 17 heavy (non-hydrogen) atoms. The summed E-state index contributed by atoms with van der Waals surface area (Å²) in [6, 6.07) is 0. The molecular weight excluding hydrogens is 216 g/mol. The fourth-order valence-electron chi connectivity index (χ4n) is 2.19. The summed E-state index contributed by atoms with van der Waals surface area (Å²) in [6.45, 7) is 3.02. The summed E-state index contributed by atoms with van der Waals surface area (Å²) in [5.41, 5.74) is 0. The number of unbranched alkanes of at least 4 members (excludes halogenated alkanes) is 2. The zero-order chi connectivity index (χ0) is 12.3. The zero-order valence-electron chi connectivity index (χ0n) is 11.0. The van der Waals surface area contributed by atoms with Gasteiger partial charge in [0.2, 0.25) is 0 Å². The van der Waals surface area contributed by atoms with Crippen molar-refractivity contribution in [3.8, 4) is 0 Å². The molecule has 1 unspecified atom stereocenters.